The van der Waals surface area contributed by atoms with Crippen LogP contribution in [0.3, 0.4) is 0 Å². The van der Waals surface area contributed by atoms with Crippen LogP contribution in [0.25, 0.3) is 10.9 Å². The van der Waals surface area contributed by atoms with Crippen molar-refractivity contribution in [2.75, 3.05) is 19.6 Å². The van der Waals surface area contributed by atoms with Crippen molar-refractivity contribution in [3.63, 3.8) is 0 Å². The molecule has 5 rings (SSSR count). The number of nitrogens with zero attached hydrogens (tertiary/aromatic N) is 1. The van der Waals surface area contributed by atoms with E-state index >= 15 is 0 Å². The minimum atomic E-state index is -4.33. The molecular weight excluding hydrogens is 427 g/mol. The molecule has 3 aromatic rings. The fraction of sp³-hybridized carbons (Fsp3) is 0.423. The first kappa shape index (κ1) is 22.0. The summed E-state index contributed by atoms with van der Waals surface area (Å²) in [4.78, 5) is 12.7. The van der Waals surface area contributed by atoms with E-state index in [0.29, 0.717) is 30.5 Å². The topological polar surface area (TPSA) is 46.1 Å². The maximum absolute atomic E-state index is 12.9. The SMILES string of the molecule is O=C(NCC1CCNCC1)c1ccc2c(c1)cc(Cc1ccc(C(F)(F)F)cc1)n2C1CC1. The van der Waals surface area contributed by atoms with E-state index < -0.39 is 11.7 Å². The fourth-order valence-corrected chi connectivity index (χ4v) is 4.78. The highest BCUT2D eigenvalue weighted by Crippen LogP contribution is 2.40. The summed E-state index contributed by atoms with van der Waals surface area (Å²) in [5.74, 6) is 0.462. The van der Waals surface area contributed by atoms with Gasteiger partial charge in [-0.1, -0.05) is 12.1 Å². The Balaban J connectivity index is 1.36. The largest absolute Gasteiger partial charge is 0.416 e. The Hall–Kier alpha value is -2.80. The summed E-state index contributed by atoms with van der Waals surface area (Å²) in [5.41, 5.74) is 3.00. The molecule has 1 amide bonds. The molecule has 1 saturated heterocycles. The molecule has 0 spiro atoms. The molecule has 1 aliphatic heterocycles. The van der Waals surface area contributed by atoms with Gasteiger partial charge in [0.2, 0.25) is 0 Å². The van der Waals surface area contributed by atoms with E-state index in [-0.39, 0.29) is 5.91 Å². The van der Waals surface area contributed by atoms with Gasteiger partial charge in [0, 0.05) is 41.2 Å². The summed E-state index contributed by atoms with van der Waals surface area (Å²) in [6.45, 7) is 2.70. The molecule has 2 N–H and O–H groups in total. The predicted octanol–water partition coefficient (Wildman–Crippen LogP) is 5.32. The Kier molecular flexibility index (Phi) is 5.91. The molecule has 2 aromatic carbocycles. The highest BCUT2D eigenvalue weighted by molar-refractivity contribution is 5.98. The molecule has 0 radical (unpaired) electrons. The minimum Gasteiger partial charge on any atom is -0.352 e. The molecule has 1 aromatic heterocycles. The zero-order chi connectivity index (χ0) is 23.0. The normalized spacial score (nSPS) is 17.4. The number of nitrogens with one attached hydrogen (secondary N) is 2. The van der Waals surface area contributed by atoms with Crippen LogP contribution in [0.15, 0.2) is 48.5 Å². The molecular formula is C26H28F3N3O. The predicted molar refractivity (Wildman–Crippen MR) is 122 cm³/mol. The number of hydrogen-bond acceptors (Lipinski definition) is 2. The number of amides is 1. The van der Waals surface area contributed by atoms with Crippen molar-refractivity contribution in [1.82, 2.24) is 15.2 Å². The van der Waals surface area contributed by atoms with Crippen LogP contribution in [0.2, 0.25) is 0 Å². The van der Waals surface area contributed by atoms with E-state index in [4.69, 9.17) is 0 Å². The summed E-state index contributed by atoms with van der Waals surface area (Å²) >= 11 is 0. The van der Waals surface area contributed by atoms with Crippen LogP contribution in [0.1, 0.15) is 58.9 Å². The van der Waals surface area contributed by atoms with Gasteiger partial charge in [0.05, 0.1) is 5.56 Å². The number of carbonyl (C=O) groups excluding carboxylic acids is 1. The van der Waals surface area contributed by atoms with Gasteiger partial charge in [-0.15, -0.1) is 0 Å². The molecule has 0 bridgehead atoms. The smallest absolute Gasteiger partial charge is 0.352 e. The molecule has 2 aliphatic rings. The number of alkyl halides is 3. The van der Waals surface area contributed by atoms with E-state index in [2.05, 4.69) is 21.3 Å². The van der Waals surface area contributed by atoms with E-state index in [9.17, 15) is 18.0 Å². The lowest BCUT2D eigenvalue weighted by Gasteiger charge is -2.22. The first-order chi connectivity index (χ1) is 15.9. The maximum atomic E-state index is 12.9. The molecule has 2 heterocycles. The lowest BCUT2D eigenvalue weighted by Crippen LogP contribution is -2.35. The van der Waals surface area contributed by atoms with Gasteiger partial charge in [-0.2, -0.15) is 13.2 Å². The molecule has 7 heteroatoms. The van der Waals surface area contributed by atoms with E-state index in [0.717, 1.165) is 73.1 Å². The summed E-state index contributed by atoms with van der Waals surface area (Å²) in [7, 11) is 0. The van der Waals surface area contributed by atoms with E-state index in [1.165, 1.54) is 0 Å². The Morgan fingerprint density at radius 2 is 1.73 bits per heavy atom. The van der Waals surface area contributed by atoms with Crippen molar-refractivity contribution in [2.24, 2.45) is 5.92 Å². The second kappa shape index (κ2) is 8.86. The average Bonchev–Trinajstić information content (AvgIpc) is 3.58. The standard InChI is InChI=1S/C26H28F3N3O/c27-26(28,29)21-4-1-17(2-5-21)13-23-15-20-14-19(3-8-24(20)32(23)22-6-7-22)25(33)31-16-18-9-11-30-12-10-18/h1-5,8,14-15,18,22,30H,6-7,9-13,16H2,(H,31,33). The highest BCUT2D eigenvalue weighted by atomic mass is 19.4. The van der Waals surface area contributed by atoms with Gasteiger partial charge in [-0.3, -0.25) is 4.79 Å². The van der Waals surface area contributed by atoms with Crippen LogP contribution in [0.4, 0.5) is 13.2 Å². The number of fused-ring (bicyclic) bond motifs is 1. The minimum absolute atomic E-state index is 0.0566. The Bertz CT molecular complexity index is 1140. The van der Waals surface area contributed by atoms with Crippen molar-refractivity contribution in [1.29, 1.82) is 0 Å². The van der Waals surface area contributed by atoms with Crippen molar-refractivity contribution >= 4 is 16.8 Å². The van der Waals surface area contributed by atoms with Crippen LogP contribution in [0.5, 0.6) is 0 Å². The molecule has 1 aliphatic carbocycles. The molecule has 0 atom stereocenters. The van der Waals surface area contributed by atoms with Gasteiger partial charge >= 0.3 is 6.18 Å². The van der Waals surface area contributed by atoms with Gasteiger partial charge in [0.25, 0.3) is 5.91 Å². The summed E-state index contributed by atoms with van der Waals surface area (Å²) in [5, 5.41) is 7.42. The van der Waals surface area contributed by atoms with Gasteiger partial charge in [-0.05, 0) is 86.7 Å². The van der Waals surface area contributed by atoms with Crippen molar-refractivity contribution in [2.45, 2.75) is 44.3 Å². The first-order valence-electron chi connectivity index (χ1n) is 11.7. The zero-order valence-corrected chi connectivity index (χ0v) is 18.4. The third-order valence-corrected chi connectivity index (χ3v) is 6.77. The first-order valence-corrected chi connectivity index (χ1v) is 11.7. The van der Waals surface area contributed by atoms with Crippen LogP contribution < -0.4 is 10.6 Å². The van der Waals surface area contributed by atoms with Crippen LogP contribution in [0, 0.1) is 5.92 Å². The molecule has 174 valence electrons. The van der Waals surface area contributed by atoms with Crippen LogP contribution in [-0.4, -0.2) is 30.1 Å². The number of rotatable bonds is 6. The fourth-order valence-electron chi connectivity index (χ4n) is 4.78. The molecule has 33 heavy (non-hydrogen) atoms. The van der Waals surface area contributed by atoms with Gasteiger partial charge in [0.15, 0.2) is 0 Å². The highest BCUT2D eigenvalue weighted by Gasteiger charge is 2.30. The number of piperidine rings is 1. The van der Waals surface area contributed by atoms with E-state index in [1.54, 1.807) is 12.1 Å². The third kappa shape index (κ3) is 4.93. The summed E-state index contributed by atoms with van der Waals surface area (Å²) in [6, 6.07) is 13.7. The van der Waals surface area contributed by atoms with Crippen LogP contribution in [-0.2, 0) is 12.6 Å². The monoisotopic (exact) mass is 455 g/mol. The maximum Gasteiger partial charge on any atom is 0.416 e. The number of hydrogen-bond donors (Lipinski definition) is 2. The number of carbonyl (C=O) groups is 1. The average molecular weight is 456 g/mol. The third-order valence-electron chi connectivity index (χ3n) is 6.77. The number of aromatic nitrogens is 1. The number of halogens is 3. The Labute approximate surface area is 191 Å². The number of benzene rings is 2. The van der Waals surface area contributed by atoms with Gasteiger partial charge < -0.3 is 15.2 Å². The Morgan fingerprint density at radius 1 is 1.00 bits per heavy atom. The van der Waals surface area contributed by atoms with Crippen molar-refractivity contribution < 1.29 is 18.0 Å². The van der Waals surface area contributed by atoms with Crippen molar-refractivity contribution in [3.05, 3.63) is 70.9 Å². The molecule has 0 unspecified atom stereocenters. The lowest BCUT2D eigenvalue weighted by molar-refractivity contribution is -0.137. The van der Waals surface area contributed by atoms with Crippen LogP contribution >= 0.6 is 0 Å². The van der Waals surface area contributed by atoms with E-state index in [1.807, 2.05) is 18.2 Å². The quantitative estimate of drug-likeness (QED) is 0.529. The van der Waals surface area contributed by atoms with Gasteiger partial charge in [0.1, 0.15) is 0 Å². The molecule has 1 saturated carbocycles. The second-order valence-corrected chi connectivity index (χ2v) is 9.29. The Morgan fingerprint density at radius 3 is 2.39 bits per heavy atom. The summed E-state index contributed by atoms with van der Waals surface area (Å²) < 4.78 is 41.0. The molecule has 2 fully saturated rings. The van der Waals surface area contributed by atoms with Gasteiger partial charge in [-0.25, -0.2) is 0 Å². The summed E-state index contributed by atoms with van der Waals surface area (Å²) in [6.07, 6.45) is 0.588. The zero-order valence-electron chi connectivity index (χ0n) is 18.4. The second-order valence-electron chi connectivity index (χ2n) is 9.29. The van der Waals surface area contributed by atoms with Crippen molar-refractivity contribution in [3.8, 4) is 0 Å². The lowest BCUT2D eigenvalue weighted by atomic mass is 9.98. The molecule has 4 nitrogen and oxygen atoms in total.